The molecule has 0 fully saturated rings. The van der Waals surface area contributed by atoms with E-state index in [4.69, 9.17) is 5.11 Å². The van der Waals surface area contributed by atoms with Crippen LogP contribution >= 0.6 is 0 Å². The summed E-state index contributed by atoms with van der Waals surface area (Å²) in [4.78, 5) is 27.9. The van der Waals surface area contributed by atoms with Crippen molar-refractivity contribution in [3.05, 3.63) is 89.2 Å². The summed E-state index contributed by atoms with van der Waals surface area (Å²) in [5.74, 6) is -3.51. The van der Waals surface area contributed by atoms with Crippen molar-refractivity contribution in [1.82, 2.24) is 10.3 Å². The number of amides is 1. The number of phenols is 1. The molecule has 0 saturated carbocycles. The fourth-order valence-corrected chi connectivity index (χ4v) is 3.14. The van der Waals surface area contributed by atoms with Gasteiger partial charge in [-0.3, -0.25) is 9.78 Å². The smallest absolute Gasteiger partial charge is 0.475 e. The zero-order chi connectivity index (χ0) is 23.1. The molecular weight excluding hydrogens is 413 g/mol. The summed E-state index contributed by atoms with van der Waals surface area (Å²) < 4.78 is 0. The van der Waals surface area contributed by atoms with E-state index in [1.165, 1.54) is 18.2 Å². The van der Waals surface area contributed by atoms with E-state index in [1.54, 1.807) is 36.7 Å². The predicted molar refractivity (Wildman–Crippen MR) is 118 cm³/mol. The molecule has 164 valence electrons. The van der Waals surface area contributed by atoms with Gasteiger partial charge in [0.05, 0.1) is 11.6 Å². The zero-order valence-electron chi connectivity index (χ0n) is 17.0. The van der Waals surface area contributed by atoms with E-state index in [0.29, 0.717) is 12.1 Å². The van der Waals surface area contributed by atoms with Gasteiger partial charge in [-0.25, -0.2) is 4.79 Å². The third kappa shape index (κ3) is 5.84. The maximum atomic E-state index is 12.7. The van der Waals surface area contributed by atoms with Crippen LogP contribution in [-0.4, -0.2) is 50.2 Å². The number of hydrogen-bond acceptors (Lipinski definition) is 7. The number of aromatic hydroxyl groups is 1. The monoisotopic (exact) mass is 435 g/mol. The molecule has 0 radical (unpaired) electrons. The van der Waals surface area contributed by atoms with Gasteiger partial charge in [0.2, 0.25) is 0 Å². The van der Waals surface area contributed by atoms with Crippen molar-refractivity contribution in [2.45, 2.75) is 18.9 Å². The molecule has 1 atom stereocenters. The van der Waals surface area contributed by atoms with Crippen LogP contribution < -0.4 is 10.6 Å². The molecule has 1 aromatic heterocycles. The number of rotatable bonds is 9. The second-order valence-corrected chi connectivity index (χ2v) is 7.11. The van der Waals surface area contributed by atoms with Crippen molar-refractivity contribution in [2.24, 2.45) is 0 Å². The second-order valence-electron chi connectivity index (χ2n) is 7.11. The number of nitrogens with one attached hydrogen (secondary N) is 2. The van der Waals surface area contributed by atoms with Crippen LogP contribution in [-0.2, 0) is 13.0 Å². The molecule has 0 aliphatic carbocycles. The normalized spacial score (nSPS) is 11.4. The first-order chi connectivity index (χ1) is 15.3. The van der Waals surface area contributed by atoms with Crippen molar-refractivity contribution in [2.75, 3.05) is 5.32 Å². The van der Waals surface area contributed by atoms with E-state index in [9.17, 15) is 24.7 Å². The molecule has 0 aliphatic rings. The molecule has 1 heterocycles. The van der Waals surface area contributed by atoms with E-state index in [1.807, 2.05) is 12.1 Å². The van der Waals surface area contributed by atoms with Gasteiger partial charge in [0.15, 0.2) is 0 Å². The van der Waals surface area contributed by atoms with E-state index in [-0.39, 0.29) is 17.5 Å². The number of anilines is 1. The Morgan fingerprint density at radius 1 is 1.06 bits per heavy atom. The average Bonchev–Trinajstić information content (AvgIpc) is 2.79. The first-order valence-electron chi connectivity index (χ1n) is 9.79. The standard InChI is InChI=1S/C22H22BN3O6/c27-20-15(5-2-8-18(20)22(29)30)11-19(23(31)32)26-21(28)16-6-1-4-14(10-16)12-25-17-7-3-9-24-13-17/h1-10,13,19,25,27,31-32H,11-12H2,(H,26,28)(H,29,30). The minimum atomic E-state index is -1.93. The van der Waals surface area contributed by atoms with E-state index in [2.05, 4.69) is 15.6 Å². The number of nitrogens with zero attached hydrogens (tertiary/aromatic N) is 1. The Labute approximate surface area is 184 Å². The summed E-state index contributed by atoms with van der Waals surface area (Å²) >= 11 is 0. The van der Waals surface area contributed by atoms with Gasteiger partial charge in [0.25, 0.3) is 5.91 Å². The molecule has 0 saturated heterocycles. The largest absolute Gasteiger partial charge is 0.507 e. The Morgan fingerprint density at radius 3 is 2.53 bits per heavy atom. The van der Waals surface area contributed by atoms with Crippen molar-refractivity contribution in [1.29, 1.82) is 0 Å². The van der Waals surface area contributed by atoms with E-state index >= 15 is 0 Å². The fourth-order valence-electron chi connectivity index (χ4n) is 3.14. The first-order valence-corrected chi connectivity index (χ1v) is 9.79. The highest BCUT2D eigenvalue weighted by Gasteiger charge is 2.28. The average molecular weight is 435 g/mol. The van der Waals surface area contributed by atoms with Crippen LogP contribution in [0.1, 0.15) is 31.8 Å². The number of carboxylic acids is 1. The Bertz CT molecular complexity index is 1090. The number of aromatic carboxylic acids is 1. The number of hydrogen-bond donors (Lipinski definition) is 6. The first kappa shape index (κ1) is 22.8. The minimum absolute atomic E-state index is 0.165. The Balaban J connectivity index is 1.70. The molecule has 6 N–H and O–H groups in total. The van der Waals surface area contributed by atoms with Gasteiger partial charge in [-0.15, -0.1) is 0 Å². The number of para-hydroxylation sites is 1. The quantitative estimate of drug-likeness (QED) is 0.276. The highest BCUT2D eigenvalue weighted by Crippen LogP contribution is 2.24. The lowest BCUT2D eigenvalue weighted by Gasteiger charge is -2.19. The lowest BCUT2D eigenvalue weighted by atomic mass is 9.75. The number of pyridine rings is 1. The number of carboxylic acid groups (broad SMARTS) is 1. The SMILES string of the molecule is O=C(NC(Cc1cccc(C(=O)O)c1O)B(O)O)c1cccc(CNc2cccnc2)c1. The summed E-state index contributed by atoms with van der Waals surface area (Å²) in [6, 6.07) is 14.6. The minimum Gasteiger partial charge on any atom is -0.507 e. The molecule has 32 heavy (non-hydrogen) atoms. The highest BCUT2D eigenvalue weighted by molar-refractivity contribution is 6.43. The van der Waals surface area contributed by atoms with Crippen LogP contribution in [0.15, 0.2) is 67.0 Å². The summed E-state index contributed by atoms with van der Waals surface area (Å²) in [5, 5.41) is 44.5. The Hall–Kier alpha value is -3.89. The van der Waals surface area contributed by atoms with Crippen molar-refractivity contribution in [3.63, 3.8) is 0 Å². The number of carbonyl (C=O) groups is 2. The highest BCUT2D eigenvalue weighted by atomic mass is 16.4. The van der Waals surface area contributed by atoms with Gasteiger partial charge in [-0.2, -0.15) is 0 Å². The van der Waals surface area contributed by atoms with Gasteiger partial charge >= 0.3 is 13.1 Å². The summed E-state index contributed by atoms with van der Waals surface area (Å²) in [5.41, 5.74) is 1.82. The second kappa shape index (κ2) is 10.4. The van der Waals surface area contributed by atoms with Crippen molar-refractivity contribution in [3.8, 4) is 5.75 Å². The van der Waals surface area contributed by atoms with Crippen LogP contribution in [0.4, 0.5) is 5.69 Å². The third-order valence-electron chi connectivity index (χ3n) is 4.81. The van der Waals surface area contributed by atoms with E-state index in [0.717, 1.165) is 11.3 Å². The van der Waals surface area contributed by atoms with Crippen LogP contribution in [0.5, 0.6) is 5.75 Å². The fraction of sp³-hybridized carbons (Fsp3) is 0.136. The molecule has 9 nitrogen and oxygen atoms in total. The van der Waals surface area contributed by atoms with Crippen LogP contribution in [0, 0.1) is 0 Å². The van der Waals surface area contributed by atoms with Gasteiger partial charge in [-0.05, 0) is 47.9 Å². The molecule has 0 bridgehead atoms. The number of aromatic nitrogens is 1. The number of carbonyl (C=O) groups excluding carboxylic acids is 1. The molecular formula is C22H22BN3O6. The molecule has 3 aromatic rings. The number of benzene rings is 2. The summed E-state index contributed by atoms with van der Waals surface area (Å²) in [6.07, 6.45) is 3.16. The summed E-state index contributed by atoms with van der Waals surface area (Å²) in [6.45, 7) is 0.453. The topological polar surface area (TPSA) is 152 Å². The molecule has 2 aromatic carbocycles. The predicted octanol–water partition coefficient (Wildman–Crippen LogP) is 1.45. The summed E-state index contributed by atoms with van der Waals surface area (Å²) in [7, 11) is -1.93. The van der Waals surface area contributed by atoms with Gasteiger partial charge in [-0.1, -0.05) is 24.3 Å². The Kier molecular flexibility index (Phi) is 7.43. The van der Waals surface area contributed by atoms with Crippen molar-refractivity contribution < 1.29 is 29.9 Å². The van der Waals surface area contributed by atoms with E-state index < -0.39 is 30.7 Å². The lowest BCUT2D eigenvalue weighted by Crippen LogP contribution is -2.48. The van der Waals surface area contributed by atoms with Crippen molar-refractivity contribution >= 4 is 24.7 Å². The van der Waals surface area contributed by atoms with Crippen LogP contribution in [0.2, 0.25) is 0 Å². The maximum Gasteiger partial charge on any atom is 0.475 e. The third-order valence-corrected chi connectivity index (χ3v) is 4.81. The Morgan fingerprint density at radius 2 is 1.84 bits per heavy atom. The van der Waals surface area contributed by atoms with Crippen LogP contribution in [0.25, 0.3) is 0 Å². The molecule has 3 rings (SSSR count). The van der Waals surface area contributed by atoms with Gasteiger partial charge in [0, 0.05) is 24.5 Å². The maximum absolute atomic E-state index is 12.7. The lowest BCUT2D eigenvalue weighted by molar-refractivity contribution is 0.0693. The van der Waals surface area contributed by atoms with Gasteiger partial charge < -0.3 is 30.9 Å². The molecule has 1 unspecified atom stereocenters. The molecule has 10 heteroatoms. The van der Waals surface area contributed by atoms with Crippen LogP contribution in [0.3, 0.4) is 0 Å². The molecule has 0 spiro atoms. The molecule has 1 amide bonds. The van der Waals surface area contributed by atoms with Gasteiger partial charge in [0.1, 0.15) is 11.3 Å². The molecule has 0 aliphatic heterocycles. The zero-order valence-corrected chi connectivity index (χ0v) is 17.0.